The van der Waals surface area contributed by atoms with Crippen LogP contribution in [0.2, 0.25) is 0 Å². The highest BCUT2D eigenvalue weighted by molar-refractivity contribution is 6.38. The van der Waals surface area contributed by atoms with Gasteiger partial charge in [0.1, 0.15) is 6.54 Å². The number of nitrogens with one attached hydrogen (secondary N) is 2. The van der Waals surface area contributed by atoms with E-state index in [4.69, 9.17) is 28.0 Å². The number of rotatable bonds is 4. The number of carbonyl (C=O) groups excluding carboxylic acids is 1. The molecule has 0 saturated heterocycles. The van der Waals surface area contributed by atoms with Gasteiger partial charge in [-0.15, -0.1) is 12.4 Å². The van der Waals surface area contributed by atoms with Gasteiger partial charge in [0, 0.05) is 34.3 Å². The fraction of sp³-hybridized carbons (Fsp3) is 0.0769. The molecule has 2 aromatic rings. The summed E-state index contributed by atoms with van der Waals surface area (Å²) in [5.74, 6) is -2.00. The van der Waals surface area contributed by atoms with Crippen molar-refractivity contribution in [2.75, 3.05) is 11.0 Å². The lowest BCUT2D eigenvalue weighted by Gasteiger charge is -2.15. The van der Waals surface area contributed by atoms with Crippen LogP contribution in [0.15, 0.2) is 30.6 Å². The number of hydrogen-bond donors (Lipinski definition) is 4. The molecule has 0 fully saturated rings. The van der Waals surface area contributed by atoms with Crippen molar-refractivity contribution in [1.82, 2.24) is 10.3 Å². The number of carboxylic acids is 1. The molecule has 0 aliphatic rings. The average molecular weight is 358 g/mol. The Morgan fingerprint density at radius 1 is 1.39 bits per heavy atom. The summed E-state index contributed by atoms with van der Waals surface area (Å²) >= 11 is 5.91. The Morgan fingerprint density at radius 2 is 2.09 bits per heavy atom. The van der Waals surface area contributed by atoms with Crippen LogP contribution >= 0.6 is 24.2 Å². The van der Waals surface area contributed by atoms with Gasteiger partial charge in [0.2, 0.25) is 5.96 Å². The van der Waals surface area contributed by atoms with Crippen molar-refractivity contribution in [1.29, 1.82) is 5.41 Å². The molecule has 8 nitrogen and oxygen atoms in total. The van der Waals surface area contributed by atoms with Crippen LogP contribution in [-0.4, -0.2) is 34.5 Å². The Labute approximate surface area is 142 Å². The number of amides is 1. The van der Waals surface area contributed by atoms with Crippen molar-refractivity contribution in [3.8, 4) is 0 Å². The number of aromatic nitrogens is 1. The normalized spacial score (nSPS) is 9.78. The lowest BCUT2D eigenvalue weighted by Crippen LogP contribution is -2.29. The minimum Gasteiger partial charge on any atom is -0.480 e. The predicted octanol–water partition coefficient (Wildman–Crippen LogP) is 1.32. The second-order valence-electron chi connectivity index (χ2n) is 4.34. The van der Waals surface area contributed by atoms with Crippen molar-refractivity contribution in [2.45, 2.75) is 0 Å². The molecule has 1 heterocycles. The number of nitrogens with zero attached hydrogens (tertiary/aromatic N) is 2. The van der Waals surface area contributed by atoms with E-state index < -0.39 is 18.4 Å². The number of guanidine groups is 1. The third kappa shape index (κ3) is 4.21. The van der Waals surface area contributed by atoms with E-state index in [0.29, 0.717) is 16.5 Å². The fourth-order valence-corrected chi connectivity index (χ4v) is 1.98. The summed E-state index contributed by atoms with van der Waals surface area (Å²) in [5, 5.41) is 19.4. The van der Waals surface area contributed by atoms with Crippen LogP contribution in [0.25, 0.3) is 10.8 Å². The van der Waals surface area contributed by atoms with Crippen molar-refractivity contribution in [3.05, 3.63) is 36.2 Å². The van der Waals surface area contributed by atoms with Gasteiger partial charge >= 0.3 is 5.97 Å². The van der Waals surface area contributed by atoms with Crippen molar-refractivity contribution in [3.63, 3.8) is 0 Å². The van der Waals surface area contributed by atoms with Crippen LogP contribution in [0, 0.1) is 5.41 Å². The SMILES string of the molecule is Cl.N=C(N)N(Cl)c1cncc2cc(C(=O)NCC(=O)O)ccc12. The number of anilines is 1. The van der Waals surface area contributed by atoms with Gasteiger partial charge in [0.05, 0.1) is 11.9 Å². The van der Waals surface area contributed by atoms with Gasteiger partial charge in [0.15, 0.2) is 0 Å². The molecule has 1 aromatic heterocycles. The zero-order valence-electron chi connectivity index (χ0n) is 11.6. The molecule has 122 valence electrons. The molecule has 0 bridgehead atoms. The number of pyridine rings is 1. The maximum Gasteiger partial charge on any atom is 0.322 e. The third-order valence-corrected chi connectivity index (χ3v) is 3.19. The second kappa shape index (κ2) is 7.61. The summed E-state index contributed by atoms with van der Waals surface area (Å²) < 4.78 is 0.944. The zero-order valence-corrected chi connectivity index (χ0v) is 13.2. The number of aliphatic carboxylic acids is 1. The molecular formula is C13H13Cl2N5O3. The molecule has 10 heteroatoms. The number of halogens is 2. The minimum atomic E-state index is -1.13. The maximum absolute atomic E-state index is 11.8. The van der Waals surface area contributed by atoms with Gasteiger partial charge in [-0.3, -0.25) is 20.0 Å². The van der Waals surface area contributed by atoms with Crippen LogP contribution in [0.3, 0.4) is 0 Å². The molecule has 1 amide bonds. The highest BCUT2D eigenvalue weighted by Crippen LogP contribution is 2.27. The van der Waals surface area contributed by atoms with Crippen LogP contribution in [0.4, 0.5) is 5.69 Å². The average Bonchev–Trinajstić information content (AvgIpc) is 2.50. The summed E-state index contributed by atoms with van der Waals surface area (Å²) in [6.45, 7) is -0.463. The number of fused-ring (bicyclic) bond motifs is 1. The predicted molar refractivity (Wildman–Crippen MR) is 89.2 cm³/mol. The van der Waals surface area contributed by atoms with Gasteiger partial charge < -0.3 is 16.2 Å². The molecule has 0 unspecified atom stereocenters. The smallest absolute Gasteiger partial charge is 0.322 e. The number of carboxylic acid groups (broad SMARTS) is 1. The zero-order chi connectivity index (χ0) is 16.3. The third-order valence-electron chi connectivity index (χ3n) is 2.82. The van der Waals surface area contributed by atoms with Gasteiger partial charge in [-0.25, -0.2) is 4.42 Å². The molecule has 0 saturated carbocycles. The lowest BCUT2D eigenvalue weighted by molar-refractivity contribution is -0.135. The van der Waals surface area contributed by atoms with Crippen molar-refractivity contribution in [2.24, 2.45) is 5.73 Å². The molecule has 0 aliphatic heterocycles. The summed E-state index contributed by atoms with van der Waals surface area (Å²) in [6.07, 6.45) is 2.97. The number of hydrogen-bond acceptors (Lipinski definition) is 4. The Balaban J connectivity index is 0.00000264. The quantitative estimate of drug-likeness (QED) is 0.370. The summed E-state index contributed by atoms with van der Waals surface area (Å²) in [5.41, 5.74) is 6.03. The minimum absolute atomic E-state index is 0. The summed E-state index contributed by atoms with van der Waals surface area (Å²) in [7, 11) is 0. The van der Waals surface area contributed by atoms with E-state index in [1.807, 2.05) is 0 Å². The first-order valence-corrected chi connectivity index (χ1v) is 6.41. The van der Waals surface area contributed by atoms with Crippen LogP contribution in [0.5, 0.6) is 0 Å². The number of benzene rings is 1. The van der Waals surface area contributed by atoms with E-state index in [1.54, 1.807) is 12.1 Å². The van der Waals surface area contributed by atoms with Crippen LogP contribution < -0.4 is 15.5 Å². The van der Waals surface area contributed by atoms with Crippen LogP contribution in [0.1, 0.15) is 10.4 Å². The Bertz CT molecular complexity index is 768. The van der Waals surface area contributed by atoms with E-state index in [-0.39, 0.29) is 23.9 Å². The fourth-order valence-electron chi connectivity index (χ4n) is 1.85. The topological polar surface area (TPSA) is 132 Å². The molecule has 1 aromatic carbocycles. The van der Waals surface area contributed by atoms with Crippen molar-refractivity contribution >= 4 is 58.5 Å². The standard InChI is InChI=1S/C13H12ClN5O3.ClH/c14-19(13(15)16)10-5-17-4-8-3-7(1-2-9(8)10)12(22)18-6-11(20)21;/h1-5H,6H2,(H3,15,16)(H,18,22)(H,20,21);1H. The largest absolute Gasteiger partial charge is 0.480 e. The first-order chi connectivity index (χ1) is 10.4. The molecule has 5 N–H and O–H groups in total. The monoisotopic (exact) mass is 357 g/mol. The Kier molecular flexibility index (Phi) is 6.11. The van der Waals surface area contributed by atoms with Gasteiger partial charge in [-0.2, -0.15) is 0 Å². The van der Waals surface area contributed by atoms with E-state index in [0.717, 1.165) is 4.42 Å². The van der Waals surface area contributed by atoms with E-state index in [2.05, 4.69) is 10.3 Å². The van der Waals surface area contributed by atoms with Crippen molar-refractivity contribution < 1.29 is 14.7 Å². The maximum atomic E-state index is 11.8. The highest BCUT2D eigenvalue weighted by Gasteiger charge is 2.13. The lowest BCUT2D eigenvalue weighted by atomic mass is 10.1. The molecule has 0 aliphatic carbocycles. The Morgan fingerprint density at radius 3 is 2.70 bits per heavy atom. The van der Waals surface area contributed by atoms with Gasteiger partial charge in [0.25, 0.3) is 5.91 Å². The van der Waals surface area contributed by atoms with E-state index in [9.17, 15) is 9.59 Å². The number of carbonyl (C=O) groups is 2. The Hall–Kier alpha value is -2.58. The van der Waals surface area contributed by atoms with E-state index >= 15 is 0 Å². The van der Waals surface area contributed by atoms with Gasteiger partial charge in [-0.05, 0) is 12.1 Å². The number of nitrogens with two attached hydrogens (primary N) is 1. The first kappa shape index (κ1) is 18.5. The second-order valence-corrected chi connectivity index (χ2v) is 4.68. The molecule has 0 atom stereocenters. The summed E-state index contributed by atoms with van der Waals surface area (Å²) in [6, 6.07) is 4.70. The first-order valence-electron chi connectivity index (χ1n) is 6.08. The van der Waals surface area contributed by atoms with Gasteiger partial charge in [-0.1, -0.05) is 6.07 Å². The summed E-state index contributed by atoms with van der Waals surface area (Å²) in [4.78, 5) is 26.3. The molecule has 23 heavy (non-hydrogen) atoms. The molecule has 2 rings (SSSR count). The molecule has 0 spiro atoms. The van der Waals surface area contributed by atoms with E-state index in [1.165, 1.54) is 18.5 Å². The highest BCUT2D eigenvalue weighted by atomic mass is 35.5. The molecular weight excluding hydrogens is 345 g/mol. The molecule has 0 radical (unpaired) electrons. The van der Waals surface area contributed by atoms with Crippen LogP contribution in [-0.2, 0) is 4.79 Å².